The van der Waals surface area contributed by atoms with E-state index >= 15 is 0 Å². The average molecular weight is 737 g/mol. The first kappa shape index (κ1) is 12.6. The van der Waals surface area contributed by atoms with Crippen LogP contribution in [-0.2, 0) is 0 Å². The van der Waals surface area contributed by atoms with E-state index in [9.17, 15) is 13.7 Å². The highest BCUT2D eigenvalue weighted by Gasteiger charge is 2.15. The normalized spacial score (nSPS) is 19.9. The first-order valence-corrected chi connectivity index (χ1v) is 15.8. The molecule has 0 unspecified atom stereocenters. The van der Waals surface area contributed by atoms with Crippen LogP contribution < -0.4 is 0 Å². The fraction of sp³-hybridized carbons (Fsp3) is 0. The van der Waals surface area contributed by atoms with Gasteiger partial charge >= 0.3 is 0 Å². The van der Waals surface area contributed by atoms with Crippen LogP contribution >= 0.6 is 0 Å². The van der Waals surface area contributed by atoms with Gasteiger partial charge < -0.3 is 4.57 Å². The van der Waals surface area contributed by atoms with E-state index in [1.165, 1.54) is 0 Å². The minimum atomic E-state index is -1.16. The minimum absolute atomic E-state index is 0.603. The van der Waals surface area contributed by atoms with E-state index < -0.39 is 300 Å². The molecular weight excluding hydrogens is 669 g/mol. The Morgan fingerprint density at radius 3 is 1.16 bits per heavy atom. The molecule has 0 saturated heterocycles. The van der Waals surface area contributed by atoms with Crippen molar-refractivity contribution in [2.45, 2.75) is 0 Å². The second kappa shape index (κ2) is 13.8. The van der Waals surface area contributed by atoms with E-state index in [0.29, 0.717) is 4.57 Å². The van der Waals surface area contributed by atoms with E-state index in [0.717, 1.165) is 0 Å². The van der Waals surface area contributed by atoms with E-state index in [1.54, 1.807) is 0 Å². The largest absolute Gasteiger partial charge is 0.309 e. The SMILES string of the molecule is [2H]c1c([2H])c([2H])c(-c2nc(-c3c([2H])c([2H])c(-c4c([2H])c([2H])c([2H])c([2H])c4[2H])c([2H])c3[2H])nc(-c3c([2H])c([2H])c(-c4c([2H])c([2H])c(-n5c6c([2H])c([2H])c([2H])c([2H])c6c6c([2H])c(-c7c([2H])c([2H])c([2H])c([2H])c7[2H])c([2H])c([2H])c65)c([2H])c4[2H])c([2H])c3[2H])n2)c([2H])c1[2H]. The lowest BCUT2D eigenvalue weighted by Crippen LogP contribution is -2.00. The van der Waals surface area contributed by atoms with Crippen LogP contribution in [0.15, 0.2) is 205 Å². The molecule has 4 heteroatoms. The summed E-state index contributed by atoms with van der Waals surface area (Å²) in [6.45, 7) is 0. The molecule has 0 aliphatic rings. The molecule has 0 N–H and O–H groups in total. The summed E-state index contributed by atoms with van der Waals surface area (Å²) in [5.74, 6) is -2.82. The molecule has 0 bridgehead atoms. The van der Waals surface area contributed by atoms with Crippen LogP contribution in [0.1, 0.15) is 46.6 Å². The molecule has 4 nitrogen and oxygen atoms in total. The van der Waals surface area contributed by atoms with Crippen molar-refractivity contribution >= 4 is 21.8 Å². The highest BCUT2D eigenvalue weighted by molar-refractivity contribution is 6.10. The van der Waals surface area contributed by atoms with Gasteiger partial charge in [0.25, 0.3) is 0 Å². The Labute approximate surface area is 367 Å². The summed E-state index contributed by atoms with van der Waals surface area (Å²) in [5, 5.41) is -1.22. The maximum atomic E-state index is 9.46. The number of para-hydroxylation sites is 1. The zero-order valence-electron chi connectivity index (χ0n) is 61.3. The second-order valence-electron chi connectivity index (χ2n) is 11.1. The molecule has 0 radical (unpaired) electrons. The van der Waals surface area contributed by atoms with E-state index in [-0.39, 0.29) is 0 Å². The van der Waals surface area contributed by atoms with Crippen molar-refractivity contribution in [1.29, 1.82) is 0 Å². The summed E-state index contributed by atoms with van der Waals surface area (Å²) in [5.41, 5.74) is -9.82. The summed E-state index contributed by atoms with van der Waals surface area (Å²) >= 11 is 0. The number of benzene rings is 8. The summed E-state index contributed by atoms with van der Waals surface area (Å²) < 4.78 is 301. The number of aromatic nitrogens is 4. The zero-order valence-corrected chi connectivity index (χ0v) is 27.3. The highest BCUT2D eigenvalue weighted by atomic mass is 15.0. The van der Waals surface area contributed by atoms with Crippen LogP contribution in [0.3, 0.4) is 0 Å². The van der Waals surface area contributed by atoms with Crippen LogP contribution in [0, 0.1) is 0 Å². The number of rotatable bonds is 7. The summed E-state index contributed by atoms with van der Waals surface area (Å²) in [6, 6.07) is -33.6. The van der Waals surface area contributed by atoms with Gasteiger partial charge in [0.1, 0.15) is 0 Å². The molecule has 0 aliphatic carbocycles. The van der Waals surface area contributed by atoms with Crippen molar-refractivity contribution < 1.29 is 46.6 Å². The Morgan fingerprint density at radius 2 is 0.636 bits per heavy atom. The standard InChI is InChI=1S/C51H34N4/c1-4-12-35(13-5-1)37-20-24-41(25-21-37)50-52-49(40-16-8-3-9-17-40)53-51(54-50)42-26-22-38(23-27-42)39-28-31-44(32-29-39)55-47-19-11-10-18-45(47)46-34-43(30-33-48(46)55)36-14-6-2-7-15-36/h1-34H/i1D,2D,3D,4D,5D,6D,7D,8D,9D,10D,11D,12D,13D,14D,15D,16D,17D,18D,19D,20D,21D,22D,23D,24D,25D,26D,27D,28D,29D,30D,31D,32D,33D,34D. The zero-order chi connectivity index (χ0) is 66.1. The van der Waals surface area contributed by atoms with Gasteiger partial charge in [0.15, 0.2) is 17.5 Å². The monoisotopic (exact) mass is 736 g/mol. The Bertz CT molecular complexity index is 4790. The smallest absolute Gasteiger partial charge is 0.164 e. The first-order chi connectivity index (χ1) is 41.4. The molecular formula is C51H34N4. The predicted octanol–water partition coefficient (Wildman–Crippen LogP) is 13.0. The molecule has 0 aliphatic heterocycles. The molecule has 2 heterocycles. The summed E-state index contributed by atoms with van der Waals surface area (Å²) in [4.78, 5) is 12.6. The Hall–Kier alpha value is -7.43. The van der Waals surface area contributed by atoms with Crippen LogP contribution in [0.4, 0.5) is 0 Å². The minimum Gasteiger partial charge on any atom is -0.309 e. The van der Waals surface area contributed by atoms with Gasteiger partial charge in [0.05, 0.1) is 57.6 Å². The molecule has 0 fully saturated rings. The van der Waals surface area contributed by atoms with Gasteiger partial charge in [0, 0.05) is 33.2 Å². The lowest BCUT2D eigenvalue weighted by atomic mass is 10.0. The Balaban J connectivity index is 1.25. The quantitative estimate of drug-likeness (QED) is 0.164. The maximum Gasteiger partial charge on any atom is 0.164 e. The van der Waals surface area contributed by atoms with Crippen LogP contribution in [0.2, 0.25) is 0 Å². The van der Waals surface area contributed by atoms with Gasteiger partial charge in [-0.05, 0) is 63.6 Å². The molecule has 0 saturated carbocycles. The van der Waals surface area contributed by atoms with Gasteiger partial charge in [-0.3, -0.25) is 0 Å². The fourth-order valence-electron chi connectivity index (χ4n) is 5.33. The van der Waals surface area contributed by atoms with Crippen LogP contribution in [0.25, 0.3) is 95.0 Å². The molecule has 2 aromatic heterocycles. The van der Waals surface area contributed by atoms with Gasteiger partial charge in [0.2, 0.25) is 0 Å². The van der Waals surface area contributed by atoms with Crippen molar-refractivity contribution in [3.63, 3.8) is 0 Å². The first-order valence-electron chi connectivity index (χ1n) is 32.8. The topological polar surface area (TPSA) is 43.6 Å². The van der Waals surface area contributed by atoms with Gasteiger partial charge in [-0.25, -0.2) is 15.0 Å². The molecule has 0 atom stereocenters. The van der Waals surface area contributed by atoms with Gasteiger partial charge in [-0.1, -0.05) is 175 Å². The molecule has 8 aromatic carbocycles. The third-order valence-corrected chi connectivity index (χ3v) is 7.80. The number of nitrogens with zero attached hydrogens (tertiary/aromatic N) is 4. The summed E-state index contributed by atoms with van der Waals surface area (Å²) in [7, 11) is 0. The lowest BCUT2D eigenvalue weighted by molar-refractivity contribution is 1.07. The Morgan fingerprint density at radius 1 is 0.291 bits per heavy atom. The number of hydrogen-bond acceptors (Lipinski definition) is 3. The Kier molecular flexibility index (Phi) is 3.17. The molecule has 10 aromatic rings. The number of fused-ring (bicyclic) bond motifs is 3. The third kappa shape index (κ3) is 6.16. The highest BCUT2D eigenvalue weighted by Crippen LogP contribution is 2.36. The molecule has 258 valence electrons. The van der Waals surface area contributed by atoms with Crippen molar-refractivity contribution in [2.24, 2.45) is 0 Å². The van der Waals surface area contributed by atoms with Gasteiger partial charge in [-0.15, -0.1) is 0 Å². The van der Waals surface area contributed by atoms with Crippen LogP contribution in [-0.4, -0.2) is 19.5 Å². The van der Waals surface area contributed by atoms with Crippen molar-refractivity contribution in [2.75, 3.05) is 0 Å². The lowest BCUT2D eigenvalue weighted by Gasteiger charge is -2.11. The average Bonchev–Trinajstić information content (AvgIpc) is 1.61. The number of hydrogen-bond donors (Lipinski definition) is 0. The third-order valence-electron chi connectivity index (χ3n) is 7.80. The fourth-order valence-corrected chi connectivity index (χ4v) is 5.33. The summed E-state index contributed by atoms with van der Waals surface area (Å²) in [6.07, 6.45) is 0. The molecule has 10 rings (SSSR count). The molecule has 55 heavy (non-hydrogen) atoms. The van der Waals surface area contributed by atoms with Crippen molar-refractivity contribution in [1.82, 2.24) is 19.5 Å². The van der Waals surface area contributed by atoms with E-state index in [1.807, 2.05) is 0 Å². The predicted molar refractivity (Wildman–Crippen MR) is 227 cm³/mol. The molecule has 0 amide bonds. The van der Waals surface area contributed by atoms with Gasteiger partial charge in [-0.2, -0.15) is 0 Å². The van der Waals surface area contributed by atoms with Crippen LogP contribution in [0.5, 0.6) is 0 Å². The second-order valence-corrected chi connectivity index (χ2v) is 11.1. The van der Waals surface area contributed by atoms with E-state index in [4.69, 9.17) is 32.9 Å². The van der Waals surface area contributed by atoms with Crippen molar-refractivity contribution in [3.05, 3.63) is 205 Å². The van der Waals surface area contributed by atoms with Crippen molar-refractivity contribution in [3.8, 4) is 73.2 Å². The van der Waals surface area contributed by atoms with E-state index in [2.05, 4.69) is 15.0 Å². The molecule has 0 spiro atoms. The maximum absolute atomic E-state index is 9.46.